The van der Waals surface area contributed by atoms with Crippen molar-refractivity contribution in [2.75, 3.05) is 51.1 Å². The van der Waals surface area contributed by atoms with Crippen molar-refractivity contribution in [2.24, 2.45) is 5.92 Å². The van der Waals surface area contributed by atoms with Crippen LogP contribution in [-0.2, 0) is 16.1 Å². The number of pyridine rings is 4. The number of carbonyl (C=O) groups excluding carboxylic acids is 1. The lowest BCUT2D eigenvalue weighted by molar-refractivity contribution is -0.117. The molecule has 0 radical (unpaired) electrons. The molecule has 2 N–H and O–H groups in total. The molecule has 2 aliphatic rings. The number of nitrogens with zero attached hydrogens (tertiary/aromatic N) is 5. The van der Waals surface area contributed by atoms with Gasteiger partial charge in [0.05, 0.1) is 11.7 Å². The zero-order valence-corrected chi connectivity index (χ0v) is 25.2. The maximum atomic E-state index is 12.3. The number of fused-ring (bicyclic) bond motifs is 1. The Morgan fingerprint density at radius 3 is 2.66 bits per heavy atom. The molecule has 44 heavy (non-hydrogen) atoms. The number of methoxy groups -OCH3 is 1. The Labute approximate surface area is 260 Å². The van der Waals surface area contributed by atoms with Crippen LogP contribution in [0.1, 0.15) is 29.7 Å². The highest BCUT2D eigenvalue weighted by Crippen LogP contribution is 2.31. The van der Waals surface area contributed by atoms with Crippen LogP contribution in [-0.4, -0.2) is 77.3 Å². The molecule has 0 aromatic carbocycles. The summed E-state index contributed by atoms with van der Waals surface area (Å²) in [5.74, 6) is 8.73. The molecule has 5 heterocycles. The molecule has 1 saturated carbocycles. The smallest absolute Gasteiger partial charge is 0.228 e. The fourth-order valence-electron chi connectivity index (χ4n) is 4.80. The van der Waals surface area contributed by atoms with Crippen LogP contribution in [0.15, 0.2) is 48.9 Å². The van der Waals surface area contributed by atoms with Gasteiger partial charge in [0.25, 0.3) is 0 Å². The summed E-state index contributed by atoms with van der Waals surface area (Å²) in [7, 11) is 3.53. The predicted molar refractivity (Wildman–Crippen MR) is 167 cm³/mol. The van der Waals surface area contributed by atoms with Gasteiger partial charge in [-0.1, -0.05) is 23.6 Å². The Hall–Kier alpha value is -4.50. The molecule has 11 nitrogen and oxygen atoms in total. The van der Waals surface area contributed by atoms with E-state index in [0.29, 0.717) is 52.8 Å². The summed E-state index contributed by atoms with van der Waals surface area (Å²) in [5.41, 5.74) is 2.17. The molecule has 1 amide bonds. The Balaban J connectivity index is 1.23. The predicted octanol–water partition coefficient (Wildman–Crippen LogP) is 4.15. The van der Waals surface area contributed by atoms with Gasteiger partial charge in [-0.05, 0) is 30.9 Å². The summed E-state index contributed by atoms with van der Waals surface area (Å²) in [6.45, 7) is 2.95. The normalized spacial score (nSPS) is 14.8. The van der Waals surface area contributed by atoms with Crippen molar-refractivity contribution in [1.29, 1.82) is 0 Å². The highest BCUT2D eigenvalue weighted by atomic mass is 35.5. The van der Waals surface area contributed by atoms with Crippen LogP contribution in [0.3, 0.4) is 0 Å². The monoisotopic (exact) mass is 613 g/mol. The van der Waals surface area contributed by atoms with E-state index in [4.69, 9.17) is 25.8 Å². The van der Waals surface area contributed by atoms with Crippen LogP contribution in [0.2, 0.25) is 5.15 Å². The molecular weight excluding hydrogens is 582 g/mol. The van der Waals surface area contributed by atoms with Crippen LogP contribution in [0.5, 0.6) is 11.6 Å². The molecule has 0 spiro atoms. The van der Waals surface area contributed by atoms with Crippen molar-refractivity contribution in [3.63, 3.8) is 0 Å². The number of ether oxygens (including phenoxy) is 3. The number of anilines is 2. The molecule has 1 aliphatic heterocycles. The quantitative estimate of drug-likeness (QED) is 0.145. The van der Waals surface area contributed by atoms with Crippen molar-refractivity contribution in [3.8, 4) is 23.5 Å². The second-order valence-corrected chi connectivity index (χ2v) is 11.0. The maximum absolute atomic E-state index is 12.3. The summed E-state index contributed by atoms with van der Waals surface area (Å²) < 4.78 is 17.3. The van der Waals surface area contributed by atoms with E-state index < -0.39 is 0 Å². The van der Waals surface area contributed by atoms with Crippen molar-refractivity contribution in [3.05, 3.63) is 70.9 Å². The summed E-state index contributed by atoms with van der Waals surface area (Å²) >= 11 is 5.96. The minimum absolute atomic E-state index is 0.00519. The van der Waals surface area contributed by atoms with E-state index >= 15 is 0 Å². The van der Waals surface area contributed by atoms with Crippen LogP contribution < -0.4 is 20.1 Å². The first-order chi connectivity index (χ1) is 21.5. The van der Waals surface area contributed by atoms with Gasteiger partial charge in [-0.2, -0.15) is 0 Å². The molecule has 1 aliphatic carbocycles. The lowest BCUT2D eigenvalue weighted by Gasteiger charge is -2.38. The molecule has 4 aromatic heterocycles. The number of aromatic nitrogens is 4. The van der Waals surface area contributed by atoms with E-state index in [1.165, 1.54) is 0 Å². The third-order valence-electron chi connectivity index (χ3n) is 7.41. The number of hydrogen-bond donors (Lipinski definition) is 2. The SMILES string of the molecule is CNc1ncc(C#Cc2cc(OCCOc3cccc(Cl)n3)c(CN3CC(OC)C3)cn2)c2cc(NC(=O)C3CC3)ncc12. The van der Waals surface area contributed by atoms with Gasteiger partial charge in [-0.15, -0.1) is 0 Å². The first-order valence-electron chi connectivity index (χ1n) is 14.4. The number of nitrogens with one attached hydrogen (secondary N) is 2. The zero-order chi connectivity index (χ0) is 30.5. The number of hydrogen-bond acceptors (Lipinski definition) is 10. The minimum atomic E-state index is -0.00519. The summed E-state index contributed by atoms with van der Waals surface area (Å²) in [5, 5.41) is 8.00. The van der Waals surface area contributed by atoms with Crippen molar-refractivity contribution in [2.45, 2.75) is 25.5 Å². The van der Waals surface area contributed by atoms with E-state index in [1.807, 2.05) is 12.1 Å². The second-order valence-electron chi connectivity index (χ2n) is 10.6. The second kappa shape index (κ2) is 13.4. The van der Waals surface area contributed by atoms with E-state index in [1.54, 1.807) is 50.9 Å². The fourth-order valence-corrected chi connectivity index (χ4v) is 4.96. The van der Waals surface area contributed by atoms with Gasteiger partial charge in [0, 0.05) is 86.8 Å². The molecule has 0 unspecified atom stereocenters. The van der Waals surface area contributed by atoms with Crippen molar-refractivity contribution < 1.29 is 19.0 Å². The molecule has 0 bridgehead atoms. The molecule has 226 valence electrons. The third kappa shape index (κ3) is 7.17. The topological polar surface area (TPSA) is 124 Å². The molecule has 1 saturated heterocycles. The van der Waals surface area contributed by atoms with E-state index in [0.717, 1.165) is 42.3 Å². The third-order valence-corrected chi connectivity index (χ3v) is 7.62. The highest BCUT2D eigenvalue weighted by molar-refractivity contribution is 6.29. The van der Waals surface area contributed by atoms with Gasteiger partial charge in [0.2, 0.25) is 11.8 Å². The Morgan fingerprint density at radius 2 is 1.89 bits per heavy atom. The van der Waals surface area contributed by atoms with Crippen LogP contribution in [0.4, 0.5) is 11.6 Å². The standard InChI is InChI=1S/C32H32ClN7O4/c1-34-31-26-16-36-29(39-32(41)20-6-7-20)13-25(26)21(14-37-31)8-9-23-12-27(22(15-35-23)17-40-18-24(19-40)42-2)43-10-11-44-30-5-3-4-28(33)38-30/h3-5,12-16,20,24H,6-7,10-11,17-19H2,1-2H3,(H,34,37)(H,36,39,41). The van der Waals surface area contributed by atoms with Gasteiger partial charge < -0.3 is 24.8 Å². The van der Waals surface area contributed by atoms with Gasteiger partial charge in [-0.25, -0.2) is 19.9 Å². The summed E-state index contributed by atoms with van der Waals surface area (Å²) in [6.07, 6.45) is 7.28. The minimum Gasteiger partial charge on any atom is -0.490 e. The van der Waals surface area contributed by atoms with Crippen LogP contribution in [0.25, 0.3) is 10.8 Å². The van der Waals surface area contributed by atoms with Crippen molar-refractivity contribution in [1.82, 2.24) is 24.8 Å². The number of rotatable bonds is 11. The Bertz CT molecular complexity index is 1730. The molecular formula is C32H32ClN7O4. The lowest BCUT2D eigenvalue weighted by atomic mass is 10.1. The van der Waals surface area contributed by atoms with Gasteiger partial charge in [-0.3, -0.25) is 9.69 Å². The first kappa shape index (κ1) is 29.6. The van der Waals surface area contributed by atoms with E-state index in [2.05, 4.69) is 47.3 Å². The Kier molecular flexibility index (Phi) is 9.02. The highest BCUT2D eigenvalue weighted by Gasteiger charge is 2.30. The lowest BCUT2D eigenvalue weighted by Crippen LogP contribution is -2.50. The van der Waals surface area contributed by atoms with Gasteiger partial charge in [0.1, 0.15) is 41.4 Å². The van der Waals surface area contributed by atoms with Crippen LogP contribution in [0, 0.1) is 17.8 Å². The van der Waals surface area contributed by atoms with Crippen molar-refractivity contribution >= 4 is 39.9 Å². The number of halogens is 1. The average Bonchev–Trinajstić information content (AvgIpc) is 3.86. The first-order valence-corrected chi connectivity index (χ1v) is 14.8. The number of likely N-dealkylation sites (tertiary alicyclic amines) is 1. The molecule has 6 rings (SSSR count). The molecule has 0 atom stereocenters. The largest absolute Gasteiger partial charge is 0.490 e. The molecule has 12 heteroatoms. The number of carbonyl (C=O) groups is 1. The summed E-state index contributed by atoms with van der Waals surface area (Å²) in [6, 6.07) is 8.90. The van der Waals surface area contributed by atoms with Crippen LogP contribution >= 0.6 is 11.6 Å². The average molecular weight is 614 g/mol. The molecule has 2 fully saturated rings. The zero-order valence-electron chi connectivity index (χ0n) is 24.5. The Morgan fingerprint density at radius 1 is 1.05 bits per heavy atom. The van der Waals surface area contributed by atoms with E-state index in [9.17, 15) is 4.79 Å². The molecule has 4 aromatic rings. The number of amides is 1. The van der Waals surface area contributed by atoms with Gasteiger partial charge >= 0.3 is 0 Å². The summed E-state index contributed by atoms with van der Waals surface area (Å²) in [4.78, 5) is 32.3. The maximum Gasteiger partial charge on any atom is 0.228 e. The van der Waals surface area contributed by atoms with Gasteiger partial charge in [0.15, 0.2) is 0 Å². The van der Waals surface area contributed by atoms with E-state index in [-0.39, 0.29) is 24.5 Å². The fraction of sp³-hybridized carbons (Fsp3) is 0.344.